The largest absolute Gasteiger partial charge is 0.314 e. The Hall–Kier alpha value is -0.120. The molecule has 0 aromatic heterocycles. The molecule has 0 amide bonds. The molecule has 4 heterocycles. The first kappa shape index (κ1) is 15.8. The van der Waals surface area contributed by atoms with E-state index in [1.165, 1.54) is 45.4 Å². The molecular weight excluding hydrogens is 258 g/mol. The highest BCUT2D eigenvalue weighted by atomic mass is 15.3. The topological polar surface area (TPSA) is 18.5 Å². The van der Waals surface area contributed by atoms with Gasteiger partial charge in [0.05, 0.1) is 0 Å². The van der Waals surface area contributed by atoms with E-state index >= 15 is 0 Å². The quantitative estimate of drug-likeness (QED) is 0.811. The Bertz CT molecular complexity index is 335. The van der Waals surface area contributed by atoms with Crippen LogP contribution in [0, 0.1) is 17.8 Å². The first-order valence-electron chi connectivity index (χ1n) is 9.31. The van der Waals surface area contributed by atoms with E-state index in [0.717, 1.165) is 36.4 Å². The van der Waals surface area contributed by atoms with Crippen molar-refractivity contribution in [3.8, 4) is 0 Å². The molecule has 3 heteroatoms. The van der Waals surface area contributed by atoms with Crippen LogP contribution < -0.4 is 5.32 Å². The molecule has 1 N–H and O–H groups in total. The lowest BCUT2D eigenvalue weighted by Gasteiger charge is -2.50. The lowest BCUT2D eigenvalue weighted by atomic mass is 9.73. The van der Waals surface area contributed by atoms with Gasteiger partial charge in [0.1, 0.15) is 0 Å². The van der Waals surface area contributed by atoms with Gasteiger partial charge >= 0.3 is 0 Å². The summed E-state index contributed by atoms with van der Waals surface area (Å²) in [5.74, 6) is 2.77. The third-order valence-electron chi connectivity index (χ3n) is 6.10. The molecule has 2 bridgehead atoms. The Morgan fingerprint density at radius 1 is 1.14 bits per heavy atom. The van der Waals surface area contributed by atoms with Crippen LogP contribution in [0.5, 0.6) is 0 Å². The van der Waals surface area contributed by atoms with Crippen LogP contribution >= 0.6 is 0 Å². The summed E-state index contributed by atoms with van der Waals surface area (Å²) in [6.45, 7) is 15.8. The van der Waals surface area contributed by atoms with Crippen LogP contribution in [0.1, 0.15) is 47.0 Å². The van der Waals surface area contributed by atoms with Gasteiger partial charge in [0.25, 0.3) is 0 Å². The molecule has 4 unspecified atom stereocenters. The number of nitrogens with one attached hydrogen (secondary N) is 1. The third kappa shape index (κ3) is 3.16. The predicted octanol–water partition coefficient (Wildman–Crippen LogP) is 2.43. The maximum absolute atomic E-state index is 3.64. The smallest absolute Gasteiger partial charge is 0.0295 e. The standard InChI is InChI=1S/C18H35N3/c1-5-19-14(4)10-17-18-16(12-21(17)11-13(2)3)15-6-8-20(18)9-7-15/h13-19H,5-12H2,1-4H3. The number of piperidine rings is 3. The van der Waals surface area contributed by atoms with Gasteiger partial charge in [-0.2, -0.15) is 0 Å². The molecule has 21 heavy (non-hydrogen) atoms. The van der Waals surface area contributed by atoms with Crippen molar-refractivity contribution in [1.82, 2.24) is 15.1 Å². The number of fused-ring (bicyclic) bond motifs is 2. The van der Waals surface area contributed by atoms with Gasteiger partial charge in [-0.25, -0.2) is 0 Å². The zero-order chi connectivity index (χ0) is 15.0. The Morgan fingerprint density at radius 3 is 2.48 bits per heavy atom. The average Bonchev–Trinajstić information content (AvgIpc) is 2.80. The summed E-state index contributed by atoms with van der Waals surface area (Å²) in [5, 5.41) is 3.64. The van der Waals surface area contributed by atoms with Crippen LogP contribution in [-0.4, -0.2) is 60.6 Å². The van der Waals surface area contributed by atoms with Gasteiger partial charge in [-0.3, -0.25) is 9.80 Å². The second kappa shape index (κ2) is 6.55. The number of rotatable bonds is 6. The fraction of sp³-hybridized carbons (Fsp3) is 1.00. The highest BCUT2D eigenvalue weighted by Crippen LogP contribution is 2.45. The summed E-state index contributed by atoms with van der Waals surface area (Å²) in [4.78, 5) is 5.69. The van der Waals surface area contributed by atoms with E-state index < -0.39 is 0 Å². The van der Waals surface area contributed by atoms with Gasteiger partial charge in [-0.1, -0.05) is 20.8 Å². The first-order valence-corrected chi connectivity index (χ1v) is 9.31. The molecule has 4 aliphatic rings. The summed E-state index contributed by atoms with van der Waals surface area (Å²) < 4.78 is 0. The van der Waals surface area contributed by atoms with Crippen LogP contribution in [0.25, 0.3) is 0 Å². The second-order valence-corrected chi connectivity index (χ2v) is 8.14. The van der Waals surface area contributed by atoms with Crippen molar-refractivity contribution < 1.29 is 0 Å². The minimum Gasteiger partial charge on any atom is -0.314 e. The summed E-state index contributed by atoms with van der Waals surface area (Å²) in [6.07, 6.45) is 4.25. The molecular formula is C18H35N3. The molecule has 122 valence electrons. The van der Waals surface area contributed by atoms with Crippen molar-refractivity contribution in [3.05, 3.63) is 0 Å². The van der Waals surface area contributed by atoms with E-state index in [1.807, 2.05) is 0 Å². The molecule has 0 spiro atoms. The van der Waals surface area contributed by atoms with E-state index in [9.17, 15) is 0 Å². The lowest BCUT2D eigenvalue weighted by molar-refractivity contribution is 0.000888. The minimum atomic E-state index is 0.648. The molecule has 0 saturated carbocycles. The molecule has 0 radical (unpaired) electrons. The Kier molecular flexibility index (Phi) is 4.92. The summed E-state index contributed by atoms with van der Waals surface area (Å²) >= 11 is 0. The summed E-state index contributed by atoms with van der Waals surface area (Å²) in [7, 11) is 0. The highest BCUT2D eigenvalue weighted by Gasteiger charge is 2.52. The van der Waals surface area contributed by atoms with E-state index in [2.05, 4.69) is 42.8 Å². The van der Waals surface area contributed by atoms with Gasteiger partial charge < -0.3 is 5.32 Å². The predicted molar refractivity (Wildman–Crippen MR) is 89.5 cm³/mol. The van der Waals surface area contributed by atoms with E-state index in [0.29, 0.717) is 6.04 Å². The van der Waals surface area contributed by atoms with Gasteiger partial charge in [-0.05, 0) is 63.6 Å². The van der Waals surface area contributed by atoms with E-state index in [-0.39, 0.29) is 0 Å². The molecule has 0 aliphatic carbocycles. The Labute approximate surface area is 131 Å². The second-order valence-electron chi connectivity index (χ2n) is 8.14. The van der Waals surface area contributed by atoms with E-state index in [1.54, 1.807) is 0 Å². The lowest BCUT2D eigenvalue weighted by Crippen LogP contribution is -2.57. The van der Waals surface area contributed by atoms with Crippen LogP contribution in [-0.2, 0) is 0 Å². The highest BCUT2D eigenvalue weighted by molar-refractivity contribution is 5.07. The third-order valence-corrected chi connectivity index (χ3v) is 6.10. The van der Waals surface area contributed by atoms with Crippen LogP contribution in [0.3, 0.4) is 0 Å². The number of likely N-dealkylation sites (tertiary alicyclic amines) is 1. The first-order chi connectivity index (χ1) is 10.1. The van der Waals surface area contributed by atoms with Crippen molar-refractivity contribution in [3.63, 3.8) is 0 Å². The van der Waals surface area contributed by atoms with Crippen LogP contribution in [0.2, 0.25) is 0 Å². The maximum Gasteiger partial charge on any atom is 0.0295 e. The van der Waals surface area contributed by atoms with Crippen molar-refractivity contribution in [2.45, 2.75) is 65.1 Å². The van der Waals surface area contributed by atoms with Crippen LogP contribution in [0.15, 0.2) is 0 Å². The number of hydrogen-bond donors (Lipinski definition) is 1. The summed E-state index contributed by atoms with van der Waals surface area (Å²) in [5.41, 5.74) is 0. The molecule has 4 rings (SSSR count). The minimum absolute atomic E-state index is 0.648. The van der Waals surface area contributed by atoms with Crippen LogP contribution in [0.4, 0.5) is 0 Å². The monoisotopic (exact) mass is 293 g/mol. The molecule has 0 aromatic rings. The number of hydrogen-bond acceptors (Lipinski definition) is 3. The Balaban J connectivity index is 1.74. The summed E-state index contributed by atoms with van der Waals surface area (Å²) in [6, 6.07) is 2.29. The fourth-order valence-electron chi connectivity index (χ4n) is 5.36. The molecule has 4 aliphatic heterocycles. The van der Waals surface area contributed by atoms with E-state index in [4.69, 9.17) is 0 Å². The van der Waals surface area contributed by atoms with Crippen molar-refractivity contribution in [2.75, 3.05) is 32.7 Å². The van der Waals surface area contributed by atoms with Crippen molar-refractivity contribution >= 4 is 0 Å². The van der Waals surface area contributed by atoms with Crippen molar-refractivity contribution in [1.29, 1.82) is 0 Å². The van der Waals surface area contributed by atoms with Gasteiger partial charge in [0, 0.05) is 31.2 Å². The molecule has 4 saturated heterocycles. The normalized spacial score (nSPS) is 40.7. The number of nitrogens with zero attached hydrogens (tertiary/aromatic N) is 2. The SMILES string of the molecule is CCNC(C)CC1C2C(CN1CC(C)C)C1CCN2CC1. The maximum atomic E-state index is 3.64. The molecule has 4 fully saturated rings. The average molecular weight is 293 g/mol. The zero-order valence-corrected chi connectivity index (χ0v) is 14.5. The van der Waals surface area contributed by atoms with Gasteiger partial charge in [0.2, 0.25) is 0 Å². The molecule has 0 aromatic carbocycles. The molecule has 3 nitrogen and oxygen atoms in total. The fourth-order valence-corrected chi connectivity index (χ4v) is 5.36. The van der Waals surface area contributed by atoms with Gasteiger partial charge in [0.15, 0.2) is 0 Å². The van der Waals surface area contributed by atoms with Gasteiger partial charge in [-0.15, -0.1) is 0 Å². The Morgan fingerprint density at radius 2 is 1.86 bits per heavy atom. The zero-order valence-electron chi connectivity index (χ0n) is 14.5. The van der Waals surface area contributed by atoms with Crippen molar-refractivity contribution in [2.24, 2.45) is 17.8 Å². The molecule has 4 atom stereocenters.